The van der Waals surface area contributed by atoms with Crippen molar-refractivity contribution in [1.82, 2.24) is 0 Å². The molecule has 21 heavy (non-hydrogen) atoms. The van der Waals surface area contributed by atoms with Crippen molar-refractivity contribution < 1.29 is 0 Å². The summed E-state index contributed by atoms with van der Waals surface area (Å²) in [6, 6.07) is 26.7. The number of nitrogens with one attached hydrogen (secondary N) is 1. The van der Waals surface area contributed by atoms with Crippen LogP contribution in [0.15, 0.2) is 78.9 Å². The first-order chi connectivity index (χ1) is 10.3. The van der Waals surface area contributed by atoms with Crippen LogP contribution in [0.1, 0.15) is 5.56 Å². The lowest BCUT2D eigenvalue weighted by Crippen LogP contribution is -2.01. The molecule has 0 heterocycles. The highest BCUT2D eigenvalue weighted by Crippen LogP contribution is 2.30. The van der Waals surface area contributed by atoms with Gasteiger partial charge in [0.2, 0.25) is 0 Å². The number of hydrogen-bond donors (Lipinski definition) is 2. The Hall–Kier alpha value is -2.74. The molecule has 3 aromatic carbocycles. The molecule has 0 unspecified atom stereocenters. The van der Waals surface area contributed by atoms with Crippen molar-refractivity contribution >= 4 is 11.4 Å². The molecule has 0 aliphatic carbocycles. The molecule has 0 saturated heterocycles. The molecular weight excluding hydrogens is 256 g/mol. The van der Waals surface area contributed by atoms with Crippen LogP contribution in [0.2, 0.25) is 0 Å². The molecule has 3 N–H and O–H groups in total. The van der Waals surface area contributed by atoms with Crippen molar-refractivity contribution in [1.29, 1.82) is 0 Å². The minimum atomic E-state index is 0.777. The molecule has 0 fully saturated rings. The van der Waals surface area contributed by atoms with E-state index in [1.165, 1.54) is 11.1 Å². The summed E-state index contributed by atoms with van der Waals surface area (Å²) in [5.41, 5.74) is 11.4. The van der Waals surface area contributed by atoms with E-state index in [0.29, 0.717) is 0 Å². The summed E-state index contributed by atoms with van der Waals surface area (Å²) in [6.45, 7) is 0.796. The van der Waals surface area contributed by atoms with Gasteiger partial charge in [-0.2, -0.15) is 0 Å². The summed E-state index contributed by atoms with van der Waals surface area (Å²) >= 11 is 0. The van der Waals surface area contributed by atoms with E-state index in [-0.39, 0.29) is 0 Å². The fraction of sp³-hybridized carbons (Fsp3) is 0.0526. The first kappa shape index (κ1) is 13.3. The van der Waals surface area contributed by atoms with E-state index in [1.807, 2.05) is 42.5 Å². The fourth-order valence-corrected chi connectivity index (χ4v) is 2.37. The van der Waals surface area contributed by atoms with Gasteiger partial charge in [-0.15, -0.1) is 0 Å². The largest absolute Gasteiger partial charge is 0.399 e. The van der Waals surface area contributed by atoms with Crippen LogP contribution >= 0.6 is 0 Å². The average Bonchev–Trinajstić information content (AvgIpc) is 2.55. The third-order valence-electron chi connectivity index (χ3n) is 3.45. The monoisotopic (exact) mass is 274 g/mol. The second-order valence-corrected chi connectivity index (χ2v) is 5.01. The van der Waals surface area contributed by atoms with Crippen molar-refractivity contribution in [2.45, 2.75) is 6.54 Å². The maximum atomic E-state index is 5.94. The van der Waals surface area contributed by atoms with Gasteiger partial charge in [-0.3, -0.25) is 0 Å². The van der Waals surface area contributed by atoms with E-state index in [2.05, 4.69) is 41.7 Å². The average molecular weight is 274 g/mol. The van der Waals surface area contributed by atoms with E-state index in [4.69, 9.17) is 5.73 Å². The SMILES string of the molecule is Nc1ccc(NCc2ccccc2)c(-c2ccccc2)c1. The van der Waals surface area contributed by atoms with Crippen LogP contribution in [0.4, 0.5) is 11.4 Å². The molecule has 0 radical (unpaired) electrons. The molecule has 2 heteroatoms. The van der Waals surface area contributed by atoms with Crippen LogP contribution in [-0.4, -0.2) is 0 Å². The van der Waals surface area contributed by atoms with Crippen molar-refractivity contribution in [3.05, 3.63) is 84.4 Å². The molecule has 0 aliphatic rings. The minimum absolute atomic E-state index is 0.777. The summed E-state index contributed by atoms with van der Waals surface area (Å²) < 4.78 is 0. The zero-order chi connectivity index (χ0) is 14.5. The third kappa shape index (κ3) is 3.23. The predicted molar refractivity (Wildman–Crippen MR) is 90.1 cm³/mol. The Balaban J connectivity index is 1.88. The summed E-state index contributed by atoms with van der Waals surface area (Å²) in [4.78, 5) is 0. The number of benzene rings is 3. The highest BCUT2D eigenvalue weighted by Gasteiger charge is 2.05. The van der Waals surface area contributed by atoms with E-state index in [9.17, 15) is 0 Å². The van der Waals surface area contributed by atoms with Crippen molar-refractivity contribution in [3.8, 4) is 11.1 Å². The number of nitrogen functional groups attached to an aromatic ring is 1. The third-order valence-corrected chi connectivity index (χ3v) is 3.45. The van der Waals surface area contributed by atoms with Crippen molar-refractivity contribution in [2.75, 3.05) is 11.1 Å². The van der Waals surface area contributed by atoms with E-state index >= 15 is 0 Å². The molecule has 2 nitrogen and oxygen atoms in total. The second-order valence-electron chi connectivity index (χ2n) is 5.01. The van der Waals surface area contributed by atoms with Gasteiger partial charge >= 0.3 is 0 Å². The van der Waals surface area contributed by atoms with Crippen LogP contribution in [-0.2, 0) is 6.54 Å². The molecule has 0 bridgehead atoms. The number of rotatable bonds is 4. The van der Waals surface area contributed by atoms with Gasteiger partial charge in [0.25, 0.3) is 0 Å². The summed E-state index contributed by atoms with van der Waals surface area (Å²) in [5.74, 6) is 0. The highest BCUT2D eigenvalue weighted by molar-refractivity contribution is 5.80. The maximum Gasteiger partial charge on any atom is 0.0424 e. The molecule has 3 aromatic rings. The molecule has 104 valence electrons. The Bertz CT molecular complexity index is 706. The Morgan fingerprint density at radius 2 is 1.43 bits per heavy atom. The molecular formula is C19H18N2. The summed E-state index contributed by atoms with van der Waals surface area (Å²) in [7, 11) is 0. The summed E-state index contributed by atoms with van der Waals surface area (Å²) in [5, 5.41) is 3.50. The normalized spacial score (nSPS) is 10.3. The Kier molecular flexibility index (Phi) is 3.88. The molecule has 0 aliphatic heterocycles. The number of nitrogens with two attached hydrogens (primary N) is 1. The van der Waals surface area contributed by atoms with Gasteiger partial charge in [0.05, 0.1) is 0 Å². The van der Waals surface area contributed by atoms with E-state index in [0.717, 1.165) is 23.5 Å². The molecule has 0 saturated carbocycles. The Labute approximate surface area is 125 Å². The lowest BCUT2D eigenvalue weighted by molar-refractivity contribution is 1.15. The first-order valence-electron chi connectivity index (χ1n) is 7.06. The van der Waals surface area contributed by atoms with E-state index < -0.39 is 0 Å². The van der Waals surface area contributed by atoms with Gasteiger partial charge in [0.1, 0.15) is 0 Å². The van der Waals surface area contributed by atoms with Gasteiger partial charge < -0.3 is 11.1 Å². The Morgan fingerprint density at radius 3 is 2.14 bits per heavy atom. The zero-order valence-electron chi connectivity index (χ0n) is 11.8. The Morgan fingerprint density at radius 1 is 0.762 bits per heavy atom. The molecule has 0 atom stereocenters. The van der Waals surface area contributed by atoms with Crippen LogP contribution in [0.25, 0.3) is 11.1 Å². The van der Waals surface area contributed by atoms with Gasteiger partial charge in [0, 0.05) is 23.5 Å². The lowest BCUT2D eigenvalue weighted by Gasteiger charge is -2.13. The van der Waals surface area contributed by atoms with Crippen LogP contribution < -0.4 is 11.1 Å². The first-order valence-corrected chi connectivity index (χ1v) is 7.06. The maximum absolute atomic E-state index is 5.94. The van der Waals surface area contributed by atoms with Gasteiger partial charge in [0.15, 0.2) is 0 Å². The van der Waals surface area contributed by atoms with E-state index in [1.54, 1.807) is 0 Å². The highest BCUT2D eigenvalue weighted by atomic mass is 14.9. The van der Waals surface area contributed by atoms with Gasteiger partial charge in [-0.1, -0.05) is 60.7 Å². The van der Waals surface area contributed by atoms with Gasteiger partial charge in [-0.05, 0) is 29.3 Å². The molecule has 0 aromatic heterocycles. The predicted octanol–water partition coefficient (Wildman–Crippen LogP) is 4.55. The molecule has 3 rings (SSSR count). The number of anilines is 2. The quantitative estimate of drug-likeness (QED) is 0.685. The van der Waals surface area contributed by atoms with Crippen LogP contribution in [0.3, 0.4) is 0 Å². The fourth-order valence-electron chi connectivity index (χ4n) is 2.37. The topological polar surface area (TPSA) is 38.0 Å². The number of hydrogen-bond acceptors (Lipinski definition) is 2. The second kappa shape index (κ2) is 6.14. The minimum Gasteiger partial charge on any atom is -0.399 e. The van der Waals surface area contributed by atoms with Crippen molar-refractivity contribution in [2.24, 2.45) is 0 Å². The standard InChI is InChI=1S/C19H18N2/c20-17-11-12-19(21-14-15-7-3-1-4-8-15)18(13-17)16-9-5-2-6-10-16/h1-13,21H,14,20H2. The molecule has 0 spiro atoms. The van der Waals surface area contributed by atoms with Crippen LogP contribution in [0.5, 0.6) is 0 Å². The lowest BCUT2D eigenvalue weighted by atomic mass is 10.0. The summed E-state index contributed by atoms with van der Waals surface area (Å²) in [6.07, 6.45) is 0. The zero-order valence-corrected chi connectivity index (χ0v) is 11.8. The smallest absolute Gasteiger partial charge is 0.0424 e. The van der Waals surface area contributed by atoms with Crippen molar-refractivity contribution in [3.63, 3.8) is 0 Å². The van der Waals surface area contributed by atoms with Gasteiger partial charge in [-0.25, -0.2) is 0 Å². The molecule has 0 amide bonds. The van der Waals surface area contributed by atoms with Crippen LogP contribution in [0, 0.1) is 0 Å².